The number of amides is 1. The minimum atomic E-state index is 0.163. The molecule has 1 rings (SSSR count). The number of likely N-dealkylation sites (tertiary alicyclic amines) is 1. The minimum absolute atomic E-state index is 0.163. The minimum Gasteiger partial charge on any atom is -0.355 e. The van der Waals surface area contributed by atoms with Crippen molar-refractivity contribution in [2.24, 2.45) is 5.92 Å². The summed E-state index contributed by atoms with van der Waals surface area (Å²) in [5, 5.41) is 6.05. The third kappa shape index (κ3) is 4.94. The molecule has 0 aromatic heterocycles. The first kappa shape index (κ1) is 13.5. The molecule has 0 unspecified atom stereocenters. The van der Waals surface area contributed by atoms with E-state index in [1.54, 1.807) is 0 Å². The Kier molecular flexibility index (Phi) is 6.42. The number of nitrogens with one attached hydrogen (secondary N) is 2. The van der Waals surface area contributed by atoms with Crippen molar-refractivity contribution in [1.82, 2.24) is 15.5 Å². The molecular weight excluding hydrogens is 202 g/mol. The molecule has 1 heterocycles. The standard InChI is InChI=1S/C12H25N3O/c1-3-14-12(16)10-15-8-5-11(6-9-15)4-7-13-2/h11,13H,3-10H2,1-2H3,(H,14,16). The van der Waals surface area contributed by atoms with E-state index in [4.69, 9.17) is 0 Å². The van der Waals surface area contributed by atoms with Gasteiger partial charge in [-0.05, 0) is 58.8 Å². The number of carbonyl (C=O) groups is 1. The highest BCUT2D eigenvalue weighted by Gasteiger charge is 2.19. The van der Waals surface area contributed by atoms with E-state index in [0.717, 1.165) is 32.1 Å². The number of nitrogens with zero attached hydrogens (tertiary/aromatic N) is 1. The van der Waals surface area contributed by atoms with E-state index in [9.17, 15) is 4.79 Å². The lowest BCUT2D eigenvalue weighted by molar-refractivity contribution is -0.122. The van der Waals surface area contributed by atoms with Gasteiger partial charge in [0, 0.05) is 6.54 Å². The number of carbonyl (C=O) groups excluding carboxylic acids is 1. The lowest BCUT2D eigenvalue weighted by Crippen LogP contribution is -2.41. The third-order valence-corrected chi connectivity index (χ3v) is 3.25. The molecule has 0 atom stereocenters. The van der Waals surface area contributed by atoms with Gasteiger partial charge in [0.15, 0.2) is 0 Å². The van der Waals surface area contributed by atoms with Gasteiger partial charge in [-0.1, -0.05) is 0 Å². The number of rotatable bonds is 6. The molecule has 0 radical (unpaired) electrons. The number of likely N-dealkylation sites (N-methyl/N-ethyl adjacent to an activating group) is 1. The highest BCUT2D eigenvalue weighted by molar-refractivity contribution is 5.77. The summed E-state index contributed by atoms with van der Waals surface area (Å²) in [6, 6.07) is 0. The zero-order chi connectivity index (χ0) is 11.8. The van der Waals surface area contributed by atoms with Gasteiger partial charge in [0.25, 0.3) is 0 Å². The molecule has 0 aliphatic carbocycles. The molecule has 94 valence electrons. The maximum absolute atomic E-state index is 11.4. The molecule has 1 aliphatic rings. The molecule has 0 aromatic rings. The Bertz CT molecular complexity index is 200. The lowest BCUT2D eigenvalue weighted by Gasteiger charge is -2.31. The van der Waals surface area contributed by atoms with E-state index in [-0.39, 0.29) is 5.91 Å². The molecule has 4 nitrogen and oxygen atoms in total. The summed E-state index contributed by atoms with van der Waals surface area (Å²) < 4.78 is 0. The van der Waals surface area contributed by atoms with Crippen molar-refractivity contribution in [1.29, 1.82) is 0 Å². The van der Waals surface area contributed by atoms with Crippen LogP contribution in [0, 0.1) is 5.92 Å². The zero-order valence-electron chi connectivity index (χ0n) is 10.6. The fourth-order valence-corrected chi connectivity index (χ4v) is 2.24. The van der Waals surface area contributed by atoms with Crippen LogP contribution in [0.15, 0.2) is 0 Å². The first-order valence-corrected chi connectivity index (χ1v) is 6.40. The van der Waals surface area contributed by atoms with Crippen LogP contribution in [0.3, 0.4) is 0 Å². The molecule has 1 amide bonds. The summed E-state index contributed by atoms with van der Waals surface area (Å²) in [5.41, 5.74) is 0. The predicted octanol–water partition coefficient (Wildman–Crippen LogP) is 0.444. The molecule has 0 bridgehead atoms. The largest absolute Gasteiger partial charge is 0.355 e. The van der Waals surface area contributed by atoms with E-state index in [0.29, 0.717) is 6.54 Å². The highest BCUT2D eigenvalue weighted by atomic mass is 16.2. The van der Waals surface area contributed by atoms with Gasteiger partial charge in [0.2, 0.25) is 5.91 Å². The Balaban J connectivity index is 2.14. The molecular formula is C12H25N3O. The normalized spacial score (nSPS) is 18.6. The molecule has 1 aliphatic heterocycles. The molecule has 0 aromatic carbocycles. The van der Waals surface area contributed by atoms with Gasteiger partial charge in [-0.15, -0.1) is 0 Å². The average molecular weight is 227 g/mol. The van der Waals surface area contributed by atoms with Crippen molar-refractivity contribution >= 4 is 5.91 Å². The van der Waals surface area contributed by atoms with Crippen molar-refractivity contribution in [2.75, 3.05) is 39.8 Å². The van der Waals surface area contributed by atoms with E-state index < -0.39 is 0 Å². The Morgan fingerprint density at radius 1 is 1.38 bits per heavy atom. The van der Waals surface area contributed by atoms with Crippen LogP contribution in [-0.4, -0.2) is 50.6 Å². The Morgan fingerprint density at radius 2 is 2.06 bits per heavy atom. The number of hydrogen-bond donors (Lipinski definition) is 2. The van der Waals surface area contributed by atoms with Crippen LogP contribution in [0.2, 0.25) is 0 Å². The Morgan fingerprint density at radius 3 is 2.62 bits per heavy atom. The van der Waals surface area contributed by atoms with Gasteiger partial charge >= 0.3 is 0 Å². The van der Waals surface area contributed by atoms with Crippen LogP contribution in [0.5, 0.6) is 0 Å². The van der Waals surface area contributed by atoms with E-state index in [1.807, 2.05) is 14.0 Å². The first-order valence-electron chi connectivity index (χ1n) is 6.40. The highest BCUT2D eigenvalue weighted by Crippen LogP contribution is 2.19. The van der Waals surface area contributed by atoms with Crippen molar-refractivity contribution in [3.05, 3.63) is 0 Å². The van der Waals surface area contributed by atoms with Gasteiger partial charge in [-0.2, -0.15) is 0 Å². The van der Waals surface area contributed by atoms with Gasteiger partial charge in [0.05, 0.1) is 6.54 Å². The van der Waals surface area contributed by atoms with Crippen molar-refractivity contribution in [3.8, 4) is 0 Å². The third-order valence-electron chi connectivity index (χ3n) is 3.25. The quantitative estimate of drug-likeness (QED) is 0.692. The van der Waals surface area contributed by atoms with Crippen molar-refractivity contribution in [3.63, 3.8) is 0 Å². The van der Waals surface area contributed by atoms with Gasteiger partial charge < -0.3 is 10.6 Å². The van der Waals surface area contributed by atoms with Crippen LogP contribution in [0.4, 0.5) is 0 Å². The molecule has 1 fully saturated rings. The molecule has 1 saturated heterocycles. The predicted molar refractivity (Wildman–Crippen MR) is 66.4 cm³/mol. The van der Waals surface area contributed by atoms with Crippen LogP contribution >= 0.6 is 0 Å². The summed E-state index contributed by atoms with van der Waals surface area (Å²) in [7, 11) is 2.00. The SMILES string of the molecule is CCNC(=O)CN1CCC(CCNC)CC1. The molecule has 0 saturated carbocycles. The maximum Gasteiger partial charge on any atom is 0.234 e. The second kappa shape index (κ2) is 7.63. The fraction of sp³-hybridized carbons (Fsp3) is 0.917. The summed E-state index contributed by atoms with van der Waals surface area (Å²) in [5.74, 6) is 1.01. The Hall–Kier alpha value is -0.610. The zero-order valence-corrected chi connectivity index (χ0v) is 10.6. The average Bonchev–Trinajstić information content (AvgIpc) is 2.28. The molecule has 0 spiro atoms. The number of hydrogen-bond acceptors (Lipinski definition) is 3. The monoisotopic (exact) mass is 227 g/mol. The second-order valence-electron chi connectivity index (χ2n) is 4.57. The number of piperidine rings is 1. The van der Waals surface area contributed by atoms with Crippen molar-refractivity contribution in [2.45, 2.75) is 26.2 Å². The van der Waals surface area contributed by atoms with Crippen LogP contribution in [-0.2, 0) is 4.79 Å². The van der Waals surface area contributed by atoms with Crippen molar-refractivity contribution < 1.29 is 4.79 Å². The summed E-state index contributed by atoms with van der Waals surface area (Å²) in [4.78, 5) is 13.7. The van der Waals surface area contributed by atoms with Crippen LogP contribution in [0.1, 0.15) is 26.2 Å². The lowest BCUT2D eigenvalue weighted by atomic mass is 9.93. The second-order valence-corrected chi connectivity index (χ2v) is 4.57. The molecule has 2 N–H and O–H groups in total. The Labute approximate surface area is 98.8 Å². The van der Waals surface area contributed by atoms with Gasteiger partial charge in [-0.25, -0.2) is 0 Å². The summed E-state index contributed by atoms with van der Waals surface area (Å²) in [6.45, 7) is 6.53. The summed E-state index contributed by atoms with van der Waals surface area (Å²) >= 11 is 0. The smallest absolute Gasteiger partial charge is 0.234 e. The van der Waals surface area contributed by atoms with Gasteiger partial charge in [-0.3, -0.25) is 9.69 Å². The maximum atomic E-state index is 11.4. The van der Waals surface area contributed by atoms with Crippen LogP contribution < -0.4 is 10.6 Å². The van der Waals surface area contributed by atoms with E-state index >= 15 is 0 Å². The first-order chi connectivity index (χ1) is 7.76. The molecule has 16 heavy (non-hydrogen) atoms. The molecule has 4 heteroatoms. The van der Waals surface area contributed by atoms with E-state index in [1.165, 1.54) is 19.3 Å². The topological polar surface area (TPSA) is 44.4 Å². The fourth-order valence-electron chi connectivity index (χ4n) is 2.24. The summed E-state index contributed by atoms with van der Waals surface area (Å²) in [6.07, 6.45) is 3.74. The van der Waals surface area contributed by atoms with Gasteiger partial charge in [0.1, 0.15) is 0 Å². The van der Waals surface area contributed by atoms with E-state index in [2.05, 4.69) is 15.5 Å². The van der Waals surface area contributed by atoms with Crippen LogP contribution in [0.25, 0.3) is 0 Å².